The topological polar surface area (TPSA) is 121 Å². The van der Waals surface area contributed by atoms with Gasteiger partial charge in [0.25, 0.3) is 12.4 Å². The second-order valence-corrected chi connectivity index (χ2v) is 12.0. The van der Waals surface area contributed by atoms with Crippen LogP contribution in [0.15, 0.2) is 42.9 Å². The summed E-state index contributed by atoms with van der Waals surface area (Å²) in [4.78, 5) is 41.8. The number of hydrogen-bond acceptors (Lipinski definition) is 9. The van der Waals surface area contributed by atoms with Crippen LogP contribution >= 0.6 is 0 Å². The summed E-state index contributed by atoms with van der Waals surface area (Å²) in [5.74, 6) is -0.0115. The normalized spacial score (nSPS) is 21.4. The summed E-state index contributed by atoms with van der Waals surface area (Å²) in [6.45, 7) is 6.91. The number of fused-ring (bicyclic) bond motifs is 2. The maximum absolute atomic E-state index is 14.3. The number of nitrogens with zero attached hydrogens (tertiary/aromatic N) is 6. The second-order valence-electron chi connectivity index (χ2n) is 12.0. The van der Waals surface area contributed by atoms with Crippen molar-refractivity contribution in [2.45, 2.75) is 44.3 Å². The van der Waals surface area contributed by atoms with Crippen LogP contribution in [0, 0.1) is 5.92 Å². The fourth-order valence-electron chi connectivity index (χ4n) is 7.25. The minimum Gasteiger partial charge on any atom is -0.494 e. The Balaban J connectivity index is 0.00000139. The van der Waals surface area contributed by atoms with E-state index in [9.17, 15) is 18.0 Å². The Morgan fingerprint density at radius 1 is 1.15 bits per heavy atom. The first-order valence-corrected chi connectivity index (χ1v) is 15.5. The molecule has 6 rings (SSSR count). The fraction of sp³-hybridized carbons (Fsp3) is 0.485. The highest BCUT2D eigenvalue weighted by Gasteiger charge is 2.53. The zero-order valence-electron chi connectivity index (χ0n) is 26.8. The third kappa shape index (κ3) is 6.30. The average molecular weight is 657 g/mol. The van der Waals surface area contributed by atoms with Crippen LogP contribution in [0.25, 0.3) is 11.3 Å². The number of piperidine rings is 1. The first-order valence-electron chi connectivity index (χ1n) is 15.5. The molecule has 2 saturated heterocycles. The van der Waals surface area contributed by atoms with Crippen LogP contribution in [0.2, 0.25) is 0 Å². The van der Waals surface area contributed by atoms with Crippen molar-refractivity contribution in [3.05, 3.63) is 59.7 Å². The molecule has 0 unspecified atom stereocenters. The lowest BCUT2D eigenvalue weighted by Gasteiger charge is -2.56. The van der Waals surface area contributed by atoms with Gasteiger partial charge in [-0.25, -0.2) is 9.97 Å². The molecule has 0 saturated carbocycles. The molecule has 0 bridgehead atoms. The Morgan fingerprint density at radius 2 is 1.89 bits per heavy atom. The first kappa shape index (κ1) is 33.9. The molecule has 2 atom stereocenters. The minimum absolute atomic E-state index is 0.0169. The van der Waals surface area contributed by atoms with E-state index < -0.39 is 17.2 Å². The van der Waals surface area contributed by atoms with E-state index in [0.717, 1.165) is 24.8 Å². The highest BCUT2D eigenvalue weighted by atomic mass is 19.4. The zero-order chi connectivity index (χ0) is 33.9. The molecule has 1 N–H and O–H groups in total. The van der Waals surface area contributed by atoms with Gasteiger partial charge in [0.15, 0.2) is 5.75 Å². The number of rotatable bonds is 7. The Hall–Kier alpha value is -4.46. The van der Waals surface area contributed by atoms with Gasteiger partial charge in [-0.2, -0.15) is 13.2 Å². The van der Waals surface area contributed by atoms with Crippen LogP contribution in [0.3, 0.4) is 0 Å². The molecule has 3 aromatic rings. The van der Waals surface area contributed by atoms with Crippen molar-refractivity contribution >= 4 is 18.1 Å². The van der Waals surface area contributed by atoms with Crippen molar-refractivity contribution in [1.29, 1.82) is 0 Å². The Labute approximate surface area is 271 Å². The first-order chi connectivity index (χ1) is 22.5. The van der Waals surface area contributed by atoms with Gasteiger partial charge < -0.3 is 29.3 Å². The Kier molecular flexibility index (Phi) is 9.89. The van der Waals surface area contributed by atoms with Gasteiger partial charge in [0.1, 0.15) is 11.3 Å². The number of ether oxygens (including phenoxy) is 2. The van der Waals surface area contributed by atoms with Crippen molar-refractivity contribution in [2.24, 2.45) is 5.92 Å². The van der Waals surface area contributed by atoms with Gasteiger partial charge in [0, 0.05) is 44.3 Å². The lowest BCUT2D eigenvalue weighted by molar-refractivity contribution is -0.138. The number of likely N-dealkylation sites (tertiary alicyclic amines) is 1. The monoisotopic (exact) mass is 656 g/mol. The number of likely N-dealkylation sites (N-methyl/N-ethyl adjacent to an activating group) is 1. The van der Waals surface area contributed by atoms with Crippen molar-refractivity contribution in [1.82, 2.24) is 24.8 Å². The molecule has 14 heteroatoms. The average Bonchev–Trinajstić information content (AvgIpc) is 3.05. The second kappa shape index (κ2) is 13.7. The number of methoxy groups -OCH3 is 1. The maximum Gasteiger partial charge on any atom is 0.422 e. The zero-order valence-corrected chi connectivity index (χ0v) is 26.8. The predicted molar refractivity (Wildman–Crippen MR) is 168 cm³/mol. The number of hydrogen-bond donors (Lipinski definition) is 1. The number of amides is 1. The number of pyridine rings is 3. The van der Waals surface area contributed by atoms with Crippen LogP contribution in [0.1, 0.15) is 48.3 Å². The summed E-state index contributed by atoms with van der Waals surface area (Å²) < 4.78 is 53.7. The summed E-state index contributed by atoms with van der Waals surface area (Å²) in [6, 6.07) is 7.64. The van der Waals surface area contributed by atoms with Gasteiger partial charge in [-0.15, -0.1) is 0 Å². The molecule has 0 aliphatic carbocycles. The molecule has 0 radical (unpaired) electrons. The molecule has 47 heavy (non-hydrogen) atoms. The highest BCUT2D eigenvalue weighted by molar-refractivity contribution is 5.96. The van der Waals surface area contributed by atoms with Crippen molar-refractivity contribution < 1.29 is 37.3 Å². The smallest absolute Gasteiger partial charge is 0.422 e. The van der Waals surface area contributed by atoms with Gasteiger partial charge in [-0.3, -0.25) is 14.6 Å². The number of alkyl halides is 3. The van der Waals surface area contributed by atoms with Gasteiger partial charge in [-0.05, 0) is 50.1 Å². The molecule has 3 aliphatic heterocycles. The summed E-state index contributed by atoms with van der Waals surface area (Å²) in [6.07, 6.45) is 0.697. The molecular formula is C33H39F3N6O5. The predicted octanol–water partition coefficient (Wildman–Crippen LogP) is 4.61. The molecule has 11 nitrogen and oxygen atoms in total. The van der Waals surface area contributed by atoms with Gasteiger partial charge in [-0.1, -0.05) is 19.4 Å². The number of carbonyl (C=O) groups is 2. The quantitative estimate of drug-likeness (QED) is 0.361. The number of aromatic nitrogens is 3. The Morgan fingerprint density at radius 3 is 2.53 bits per heavy atom. The third-order valence-corrected chi connectivity index (χ3v) is 9.44. The lowest BCUT2D eigenvalue weighted by Crippen LogP contribution is -2.66. The summed E-state index contributed by atoms with van der Waals surface area (Å²) in [5, 5.41) is 6.89. The molecule has 1 spiro atoms. The molecule has 3 aliphatic rings. The van der Waals surface area contributed by atoms with E-state index in [0.29, 0.717) is 61.9 Å². The number of halogens is 3. The fourth-order valence-corrected chi connectivity index (χ4v) is 7.25. The van der Waals surface area contributed by atoms with Crippen LogP contribution in [0.4, 0.5) is 18.9 Å². The van der Waals surface area contributed by atoms with E-state index in [1.165, 1.54) is 13.3 Å². The number of carboxylic acid groups (broad SMARTS) is 1. The number of anilines is 1. The molecular weight excluding hydrogens is 617 g/mol. The van der Waals surface area contributed by atoms with Crippen molar-refractivity contribution in [3.8, 4) is 22.9 Å². The molecule has 2 fully saturated rings. The molecule has 3 aromatic heterocycles. The number of carbonyl (C=O) groups excluding carboxylic acids is 1. The summed E-state index contributed by atoms with van der Waals surface area (Å²) >= 11 is 0. The molecule has 6 heterocycles. The van der Waals surface area contributed by atoms with Crippen LogP contribution in [-0.2, 0) is 16.4 Å². The minimum atomic E-state index is -4.61. The maximum atomic E-state index is 14.3. The highest BCUT2D eigenvalue weighted by Crippen LogP contribution is 2.50. The van der Waals surface area contributed by atoms with E-state index in [4.69, 9.17) is 24.4 Å². The van der Waals surface area contributed by atoms with E-state index in [2.05, 4.69) is 21.8 Å². The SMILES string of the molecule is CCOc1ncccc1-c1ccc2c(n1)C(=O)N(C1CN(C)C1)C[C@]21CCN(c2cncc(OC)c2C(F)(F)F)C[C@H]1CC.O=CO. The third-order valence-electron chi connectivity index (χ3n) is 9.44. The van der Waals surface area contributed by atoms with Gasteiger partial charge in [0.05, 0.1) is 49.1 Å². The van der Waals surface area contributed by atoms with Crippen LogP contribution in [0.5, 0.6) is 11.6 Å². The lowest BCUT2D eigenvalue weighted by atomic mass is 9.62. The Bertz CT molecular complexity index is 1600. The standard InChI is InChI=1S/C32H37F3N6O3.CH2O2/c1-5-20-16-40(25-14-36-15-26(43-4)27(25)32(33,34)35)13-11-31(20)19-41(21-17-39(3)18-21)30(42)28-23(31)9-10-24(38-28)22-8-7-12-37-29(22)44-6-2;2-1-3/h7-10,12,14-15,20-21H,5-6,11,13,16-19H2,1-4H3;1H,(H,2,3)/t20-,31+;/m1./s1. The molecule has 252 valence electrons. The summed E-state index contributed by atoms with van der Waals surface area (Å²) in [7, 11) is 3.25. The van der Waals surface area contributed by atoms with Crippen LogP contribution in [-0.4, -0.2) is 102 Å². The van der Waals surface area contributed by atoms with Crippen LogP contribution < -0.4 is 14.4 Å². The largest absolute Gasteiger partial charge is 0.494 e. The van der Waals surface area contributed by atoms with Gasteiger partial charge in [0.2, 0.25) is 5.88 Å². The van der Waals surface area contributed by atoms with Gasteiger partial charge >= 0.3 is 6.18 Å². The summed E-state index contributed by atoms with van der Waals surface area (Å²) in [5.41, 5.74) is 1.29. The van der Waals surface area contributed by atoms with Crippen molar-refractivity contribution in [2.75, 3.05) is 58.4 Å². The van der Waals surface area contributed by atoms with E-state index >= 15 is 0 Å². The molecule has 0 aromatic carbocycles. The van der Waals surface area contributed by atoms with E-state index in [1.54, 1.807) is 11.1 Å². The van der Waals surface area contributed by atoms with Crippen molar-refractivity contribution in [3.63, 3.8) is 0 Å². The van der Waals surface area contributed by atoms with E-state index in [-0.39, 0.29) is 35.8 Å². The molecule has 1 amide bonds. The van der Waals surface area contributed by atoms with E-state index in [1.807, 2.05) is 43.1 Å².